The average Bonchev–Trinajstić information content (AvgIpc) is 1.72. The smallest absolute Gasteiger partial charge is 0.417 e. The minimum absolute atomic E-state index is 0. The highest BCUT2D eigenvalue weighted by atomic mass is 32.1. The van der Waals surface area contributed by atoms with Crippen LogP contribution in [0.5, 0.6) is 23.0 Å². The first-order valence-corrected chi connectivity index (χ1v) is 52.9. The number of benzene rings is 13. The van der Waals surface area contributed by atoms with Gasteiger partial charge in [-0.25, -0.2) is 24.5 Å². The number of rotatable bonds is 0. The van der Waals surface area contributed by atoms with Crippen LogP contribution >= 0.6 is 11.3 Å². The van der Waals surface area contributed by atoms with E-state index in [0.29, 0.717) is 24.7 Å². The number of aromatic nitrogens is 8. The van der Waals surface area contributed by atoms with Gasteiger partial charge in [0.2, 0.25) is 6.79 Å². The maximum absolute atomic E-state index is 10.7. The van der Waals surface area contributed by atoms with E-state index in [1.807, 2.05) is 459 Å². The van der Waals surface area contributed by atoms with Gasteiger partial charge in [-0.1, -0.05) is 407 Å². The number of para-hydroxylation sites is 16. The Kier molecular flexibility index (Phi) is 81.5. The molecule has 0 saturated heterocycles. The SMILES string of the molecule is C.C.CC.CC.CC.CC.CC.CC.CC.CC.CC.CC.CC.CC.CC.O=c1[nH]c2ccccc2o1.O=c1ccc2ccccc2o1.c1ccc2[nH]cnc2c1.c1ccc2[nH]ncc2c1.c1ccc2c(c1)CCC2.c1ccc2c(c1)CCO2.c1ccc2c(c1)CN=N2.c1ccc2c(c1)NCO2.c1ccc2c(c1)OCO2.c1ccc2ncccc2c1.c1ccc2occc2c1.c1ccc2ocnc2c1.c1ccc2scnc2c1. The number of ether oxygens (including phenoxy) is 4. The fourth-order valence-corrected chi connectivity index (χ4v) is 13.2. The summed E-state index contributed by atoms with van der Waals surface area (Å²) in [5.41, 5.74) is 19.5. The number of fused-ring (bicyclic) bond motifs is 13. The molecule has 0 saturated carbocycles. The molecule has 8 aromatic heterocycles. The first-order valence-electron chi connectivity index (χ1n) is 52.0. The monoisotopic (exact) mass is 2040 g/mol. The molecule has 0 bridgehead atoms. The highest BCUT2D eigenvalue weighted by molar-refractivity contribution is 7.16. The summed E-state index contributed by atoms with van der Waals surface area (Å²) in [6, 6.07) is 112. The van der Waals surface area contributed by atoms with Crippen LogP contribution in [0.15, 0.2) is 420 Å². The molecule has 13 aromatic carbocycles. The number of pyridine rings is 1. The van der Waals surface area contributed by atoms with Crippen molar-refractivity contribution >= 4 is 110 Å². The van der Waals surface area contributed by atoms with Gasteiger partial charge in [-0.3, -0.25) is 15.1 Å². The minimum Gasteiger partial charge on any atom is -0.493 e. The van der Waals surface area contributed by atoms with Crippen molar-refractivity contribution in [3.63, 3.8) is 0 Å². The van der Waals surface area contributed by atoms with Gasteiger partial charge in [0.15, 0.2) is 35.8 Å². The zero-order valence-electron chi connectivity index (χ0n) is 91.7. The normalized spacial score (nSPS) is 10.1. The van der Waals surface area contributed by atoms with Crippen molar-refractivity contribution in [1.29, 1.82) is 0 Å². The Morgan fingerprint density at radius 3 is 1.38 bits per heavy atom. The van der Waals surface area contributed by atoms with Gasteiger partial charge in [-0.2, -0.15) is 15.3 Å². The van der Waals surface area contributed by atoms with Crippen LogP contribution in [0.4, 0.5) is 11.4 Å². The van der Waals surface area contributed by atoms with Gasteiger partial charge in [0.25, 0.3) is 0 Å². The van der Waals surface area contributed by atoms with Gasteiger partial charge in [0.1, 0.15) is 28.2 Å². The second-order valence-corrected chi connectivity index (χ2v) is 27.5. The molecule has 22 heteroatoms. The predicted molar refractivity (Wildman–Crippen MR) is 641 cm³/mol. The van der Waals surface area contributed by atoms with Crippen LogP contribution in [0.1, 0.15) is 224 Å². The Labute approximate surface area is 892 Å². The van der Waals surface area contributed by atoms with Gasteiger partial charge in [-0.15, -0.1) is 11.3 Å². The molecule has 4 N–H and O–H groups in total. The number of hydrogen-bond acceptors (Lipinski definition) is 19. The van der Waals surface area contributed by atoms with Crippen molar-refractivity contribution < 1.29 is 36.6 Å². The number of imidazole rings is 1. The largest absolute Gasteiger partial charge is 0.493 e. The molecule has 0 spiro atoms. The number of H-pyrrole nitrogens is 3. The standard InChI is InChI=1S/C9H7N.C9H6O2.C9H10.C8H8O.C8H6O.3C7H6N2.C7H5NO2.C7H7NO.C7H5NO.C7H5NS.C7H6O2.13C2H6.2CH4/c1-2-6-9-8(4-1)5-3-7-10-9;10-9-6-5-7-3-1-2-4-8(7)11-9;1-2-5-9-7-3-6-8(9)4-1;2*1-2-4-8-7(3-1)5-6-9-8;1-2-4-7-6(3-1)8-5-9-7;2*1-2-4-7-6(3-1)5-8-9-7;9-7-8-5-3-1-2-4-6(5)10-7;4*1-2-4-7-6(3-1)8-5-9-7;13*1-2;;/h1-7H;1-6H;1-2,4-5H,3,6-7H2;1-4H,5-6H2;1-6H;1-5H,(H,8,9);1-4H,5H2;1-5H,(H,8,9);1-4H,(H,8,9);1-4,8H,5H2;2*1-5H;1-4H,5H2;13*1-2H3;2*1H4. The van der Waals surface area contributed by atoms with Crippen LogP contribution in [0.2, 0.25) is 0 Å². The molecule has 21 aromatic rings. The van der Waals surface area contributed by atoms with Gasteiger partial charge < -0.3 is 46.9 Å². The Morgan fingerprint density at radius 1 is 0.329 bits per heavy atom. The summed E-state index contributed by atoms with van der Waals surface area (Å²) in [6.07, 6.45) is 13.5. The highest BCUT2D eigenvalue weighted by Gasteiger charge is 2.12. The second-order valence-electron chi connectivity index (χ2n) is 26.6. The third-order valence-electron chi connectivity index (χ3n) is 18.6. The lowest BCUT2D eigenvalue weighted by Crippen LogP contribution is -1.96. The van der Waals surface area contributed by atoms with Gasteiger partial charge in [-0.05, 0) is 163 Å². The van der Waals surface area contributed by atoms with Gasteiger partial charge >= 0.3 is 11.4 Å². The Hall–Kier alpha value is -15.8. The molecule has 1 aliphatic carbocycles. The Morgan fingerprint density at radius 2 is 0.805 bits per heavy atom. The number of aryl methyl sites for hydroxylation is 2. The molecule has 5 aliphatic rings. The third-order valence-corrected chi connectivity index (χ3v) is 19.4. The summed E-state index contributed by atoms with van der Waals surface area (Å²) in [5, 5.41) is 22.1. The lowest BCUT2D eigenvalue weighted by molar-refractivity contribution is 0.174. The molecule has 0 fully saturated rings. The number of nitrogens with zero attached hydrogens (tertiary/aromatic N) is 7. The third kappa shape index (κ3) is 50.2. The van der Waals surface area contributed by atoms with Crippen LogP contribution in [0.25, 0.3) is 87.2 Å². The van der Waals surface area contributed by atoms with E-state index in [-0.39, 0.29) is 20.5 Å². The molecule has 21 nitrogen and oxygen atoms in total. The van der Waals surface area contributed by atoms with E-state index in [9.17, 15) is 9.59 Å². The van der Waals surface area contributed by atoms with E-state index in [4.69, 9.17) is 36.6 Å². The van der Waals surface area contributed by atoms with Crippen LogP contribution in [-0.4, -0.2) is 60.2 Å². The number of thiazole rings is 1. The molecule has 26 rings (SSSR count). The predicted octanol–water partition coefficient (Wildman–Crippen LogP) is 38.4. The summed E-state index contributed by atoms with van der Waals surface area (Å²) in [7, 11) is 0. The van der Waals surface area contributed by atoms with Crippen molar-refractivity contribution in [3.8, 4) is 23.0 Å². The number of anilines is 1. The number of hydrogen-bond donors (Lipinski definition) is 4. The van der Waals surface area contributed by atoms with Crippen molar-refractivity contribution in [3.05, 3.63) is 426 Å². The summed E-state index contributed by atoms with van der Waals surface area (Å²) >= 11 is 1.68. The topological polar surface area (TPSA) is 272 Å². The van der Waals surface area contributed by atoms with E-state index in [1.54, 1.807) is 59.3 Å². The molecular formula is C127H169N11O10S. The number of oxazole rings is 2. The average molecular weight is 2040 g/mol. The molecule has 4 aliphatic heterocycles. The lowest BCUT2D eigenvalue weighted by atomic mass is 10.1. The maximum atomic E-state index is 10.7. The molecular weight excluding hydrogens is 1870 g/mol. The highest BCUT2D eigenvalue weighted by Crippen LogP contribution is 2.31. The summed E-state index contributed by atoms with van der Waals surface area (Å²) < 4.78 is 41.7. The molecule has 0 radical (unpaired) electrons. The zero-order valence-corrected chi connectivity index (χ0v) is 92.5. The summed E-state index contributed by atoms with van der Waals surface area (Å²) in [4.78, 5) is 43.2. The molecule has 149 heavy (non-hydrogen) atoms. The van der Waals surface area contributed by atoms with E-state index in [1.165, 1.54) is 52.9 Å². The quantitative estimate of drug-likeness (QED) is 0.103. The van der Waals surface area contributed by atoms with Crippen LogP contribution in [-0.2, 0) is 25.8 Å². The first kappa shape index (κ1) is 135. The molecule has 0 unspecified atom stereocenters. The van der Waals surface area contributed by atoms with Crippen LogP contribution in [0, 0.1) is 0 Å². The Balaban J connectivity index is 0. The fraction of sp³-hybridized carbons (Fsp3) is 0.283. The van der Waals surface area contributed by atoms with Crippen molar-refractivity contribution in [2.45, 2.75) is 227 Å². The first-order chi connectivity index (χ1) is 72.8. The molecule has 0 amide bonds. The second kappa shape index (κ2) is 89.8. The summed E-state index contributed by atoms with van der Waals surface area (Å²) in [6.45, 7) is 54.6. The van der Waals surface area contributed by atoms with Gasteiger partial charge in [0.05, 0.1) is 86.6 Å². The summed E-state index contributed by atoms with van der Waals surface area (Å²) in [5.74, 6) is 3.31. The Bertz CT molecular complexity index is 5960. The van der Waals surface area contributed by atoms with E-state index < -0.39 is 5.76 Å². The lowest BCUT2D eigenvalue weighted by Gasteiger charge is -1.93. The number of azo groups is 1. The number of nitrogens with one attached hydrogen (secondary N) is 4. The van der Waals surface area contributed by atoms with E-state index >= 15 is 0 Å². The number of furan rings is 1. The molecule has 12 heterocycles. The van der Waals surface area contributed by atoms with Crippen LogP contribution < -0.4 is 35.6 Å². The number of aromatic amines is 3. The molecule has 798 valence electrons. The van der Waals surface area contributed by atoms with Crippen molar-refractivity contribution in [2.24, 2.45) is 10.2 Å². The van der Waals surface area contributed by atoms with Crippen LogP contribution in [0.3, 0.4) is 0 Å². The minimum atomic E-state index is -0.402. The maximum Gasteiger partial charge on any atom is 0.417 e. The van der Waals surface area contributed by atoms with Crippen molar-refractivity contribution in [1.82, 2.24) is 40.1 Å². The zero-order chi connectivity index (χ0) is 109. The van der Waals surface area contributed by atoms with Crippen molar-refractivity contribution in [2.75, 3.05) is 25.4 Å². The fourth-order valence-electron chi connectivity index (χ4n) is 12.5. The van der Waals surface area contributed by atoms with E-state index in [2.05, 4.69) is 110 Å². The van der Waals surface area contributed by atoms with E-state index in [0.717, 1.165) is 120 Å². The van der Waals surface area contributed by atoms with Gasteiger partial charge in [0, 0.05) is 45.8 Å². The molecule has 0 atom stereocenters.